The lowest BCUT2D eigenvalue weighted by atomic mass is 10.0. The van der Waals surface area contributed by atoms with Crippen molar-refractivity contribution < 1.29 is 19.5 Å². The van der Waals surface area contributed by atoms with E-state index in [0.717, 1.165) is 16.7 Å². The SMILES string of the molecule is Cc1cccc(C)c1NC(=O)C1Cn2cc(C(=O)NCc3ccccn3)c(=O)c(O)c2C(=O)N1Cc1ccccc1. The van der Waals surface area contributed by atoms with Crippen molar-refractivity contribution in [3.8, 4) is 5.75 Å². The Morgan fingerprint density at radius 2 is 1.68 bits per heavy atom. The highest BCUT2D eigenvalue weighted by molar-refractivity contribution is 6.04. The van der Waals surface area contributed by atoms with Gasteiger partial charge in [0, 0.05) is 24.6 Å². The third-order valence-electron chi connectivity index (χ3n) is 7.09. The predicted molar refractivity (Wildman–Crippen MR) is 152 cm³/mol. The number of carbonyl (C=O) groups is 3. The van der Waals surface area contributed by atoms with E-state index in [9.17, 15) is 24.3 Å². The quantitative estimate of drug-likeness (QED) is 0.323. The second-order valence-corrected chi connectivity index (χ2v) is 9.92. The Bertz CT molecular complexity index is 1660. The van der Waals surface area contributed by atoms with E-state index in [1.165, 1.54) is 15.7 Å². The molecule has 4 aromatic rings. The molecule has 0 bridgehead atoms. The topological polar surface area (TPSA) is 134 Å². The number of benzene rings is 2. The molecule has 1 atom stereocenters. The summed E-state index contributed by atoms with van der Waals surface area (Å²) in [5.74, 6) is -2.71. The van der Waals surface area contributed by atoms with Gasteiger partial charge in [0.15, 0.2) is 11.4 Å². The van der Waals surface area contributed by atoms with Crippen LogP contribution in [0.1, 0.15) is 43.2 Å². The molecule has 0 spiro atoms. The fraction of sp³-hybridized carbons (Fsp3) is 0.194. The van der Waals surface area contributed by atoms with E-state index >= 15 is 0 Å². The van der Waals surface area contributed by atoms with E-state index in [2.05, 4.69) is 15.6 Å². The molecule has 2 aromatic carbocycles. The fourth-order valence-electron chi connectivity index (χ4n) is 4.92. The lowest BCUT2D eigenvalue weighted by molar-refractivity contribution is -0.121. The number of aromatic nitrogens is 2. The maximum absolute atomic E-state index is 13.8. The standard InChI is InChI=1S/C31H29N5O5/c1-19-9-8-10-20(2)25(19)34-30(40)24-18-35-17-23(29(39)33-15-22-13-6-7-14-32-22)27(37)28(38)26(35)31(41)36(24)16-21-11-4-3-5-12-21/h3-14,17,24,38H,15-16,18H2,1-2H3,(H,33,39)(H,34,40). The van der Waals surface area contributed by atoms with E-state index in [0.29, 0.717) is 11.4 Å². The van der Waals surface area contributed by atoms with E-state index < -0.39 is 34.9 Å². The summed E-state index contributed by atoms with van der Waals surface area (Å²) in [5.41, 5.74) is 2.13. The molecule has 10 heteroatoms. The van der Waals surface area contributed by atoms with E-state index in [1.807, 2.05) is 62.4 Å². The first-order chi connectivity index (χ1) is 19.7. The molecule has 3 amide bonds. The van der Waals surface area contributed by atoms with Gasteiger partial charge in [-0.15, -0.1) is 0 Å². The number of fused-ring (bicyclic) bond motifs is 1. The number of nitrogens with zero attached hydrogens (tertiary/aromatic N) is 3. The fourth-order valence-corrected chi connectivity index (χ4v) is 4.92. The summed E-state index contributed by atoms with van der Waals surface area (Å²) in [5, 5.41) is 16.5. The van der Waals surface area contributed by atoms with Crippen molar-refractivity contribution in [3.63, 3.8) is 0 Å². The predicted octanol–water partition coefficient (Wildman–Crippen LogP) is 3.16. The van der Waals surface area contributed by atoms with Crippen LogP contribution in [0, 0.1) is 13.8 Å². The van der Waals surface area contributed by atoms with Crippen LogP contribution in [0.5, 0.6) is 5.75 Å². The third kappa shape index (κ3) is 5.58. The third-order valence-corrected chi connectivity index (χ3v) is 7.09. The van der Waals surface area contributed by atoms with Crippen LogP contribution < -0.4 is 16.1 Å². The molecular formula is C31H29N5O5. The summed E-state index contributed by atoms with van der Waals surface area (Å²) in [6.45, 7) is 3.81. The Balaban J connectivity index is 1.51. The molecule has 1 unspecified atom stereocenters. The number of rotatable bonds is 7. The average molecular weight is 552 g/mol. The highest BCUT2D eigenvalue weighted by Crippen LogP contribution is 2.27. The first kappa shape index (κ1) is 27.3. The largest absolute Gasteiger partial charge is 0.503 e. The van der Waals surface area contributed by atoms with Gasteiger partial charge < -0.3 is 25.2 Å². The smallest absolute Gasteiger partial charge is 0.275 e. The molecule has 208 valence electrons. The van der Waals surface area contributed by atoms with Gasteiger partial charge in [0.1, 0.15) is 11.6 Å². The number of carbonyl (C=O) groups excluding carboxylic acids is 3. The van der Waals surface area contributed by atoms with E-state index in [1.54, 1.807) is 24.4 Å². The van der Waals surface area contributed by atoms with Gasteiger partial charge in [-0.05, 0) is 42.7 Å². The minimum absolute atomic E-state index is 0.0617. The monoisotopic (exact) mass is 551 g/mol. The first-order valence-corrected chi connectivity index (χ1v) is 13.1. The molecule has 1 aliphatic heterocycles. The Morgan fingerprint density at radius 3 is 2.37 bits per heavy atom. The van der Waals surface area contributed by atoms with Gasteiger partial charge in [0.25, 0.3) is 11.8 Å². The van der Waals surface area contributed by atoms with Crippen molar-refractivity contribution >= 4 is 23.4 Å². The first-order valence-electron chi connectivity index (χ1n) is 13.1. The van der Waals surface area contributed by atoms with Crippen LogP contribution in [0.3, 0.4) is 0 Å². The molecule has 3 N–H and O–H groups in total. The number of para-hydroxylation sites is 1. The molecule has 0 radical (unpaired) electrons. The van der Waals surface area contributed by atoms with E-state index in [-0.39, 0.29) is 30.9 Å². The summed E-state index contributed by atoms with van der Waals surface area (Å²) in [7, 11) is 0. The molecule has 0 saturated heterocycles. The minimum Gasteiger partial charge on any atom is -0.503 e. The van der Waals surface area contributed by atoms with Crippen molar-refractivity contribution in [2.45, 2.75) is 39.5 Å². The second-order valence-electron chi connectivity index (χ2n) is 9.92. The molecule has 0 fully saturated rings. The van der Waals surface area contributed by atoms with Crippen molar-refractivity contribution in [3.05, 3.63) is 123 Å². The van der Waals surface area contributed by atoms with Crippen molar-refractivity contribution in [1.29, 1.82) is 0 Å². The van der Waals surface area contributed by atoms with Crippen LogP contribution >= 0.6 is 0 Å². The maximum atomic E-state index is 13.8. The molecule has 2 aromatic heterocycles. The number of hydrogen-bond donors (Lipinski definition) is 3. The number of aromatic hydroxyl groups is 1. The number of hydrogen-bond acceptors (Lipinski definition) is 6. The van der Waals surface area contributed by atoms with Gasteiger partial charge in [-0.2, -0.15) is 0 Å². The van der Waals surface area contributed by atoms with Gasteiger partial charge in [-0.3, -0.25) is 24.2 Å². The van der Waals surface area contributed by atoms with Crippen molar-refractivity contribution in [2.24, 2.45) is 0 Å². The zero-order valence-electron chi connectivity index (χ0n) is 22.6. The Labute approximate surface area is 236 Å². The molecular weight excluding hydrogens is 522 g/mol. The number of aryl methyl sites for hydroxylation is 2. The van der Waals surface area contributed by atoms with Gasteiger partial charge in [0.2, 0.25) is 11.3 Å². The molecule has 1 aliphatic rings. The maximum Gasteiger partial charge on any atom is 0.275 e. The summed E-state index contributed by atoms with van der Waals surface area (Å²) >= 11 is 0. The zero-order valence-corrected chi connectivity index (χ0v) is 22.6. The molecule has 3 heterocycles. The lowest BCUT2D eigenvalue weighted by Crippen LogP contribution is -2.54. The zero-order chi connectivity index (χ0) is 29.1. The van der Waals surface area contributed by atoms with Gasteiger partial charge in [-0.25, -0.2) is 0 Å². The molecule has 10 nitrogen and oxygen atoms in total. The summed E-state index contributed by atoms with van der Waals surface area (Å²) in [6, 6.07) is 19.0. The van der Waals surface area contributed by atoms with Crippen LogP contribution in [0.2, 0.25) is 0 Å². The molecule has 0 saturated carbocycles. The summed E-state index contributed by atoms with van der Waals surface area (Å²) < 4.78 is 1.31. The Morgan fingerprint density at radius 1 is 0.976 bits per heavy atom. The highest BCUT2D eigenvalue weighted by Gasteiger charge is 2.40. The molecule has 41 heavy (non-hydrogen) atoms. The minimum atomic E-state index is -0.999. The summed E-state index contributed by atoms with van der Waals surface area (Å²) in [6.07, 6.45) is 2.81. The van der Waals surface area contributed by atoms with Crippen LogP contribution in [0.25, 0.3) is 0 Å². The van der Waals surface area contributed by atoms with Crippen LogP contribution in [-0.2, 0) is 24.4 Å². The van der Waals surface area contributed by atoms with E-state index in [4.69, 9.17) is 0 Å². The van der Waals surface area contributed by atoms with Crippen LogP contribution in [0.15, 0.2) is 83.9 Å². The Hall–Kier alpha value is -5.25. The number of amides is 3. The Kier molecular flexibility index (Phi) is 7.64. The number of anilines is 1. The summed E-state index contributed by atoms with van der Waals surface area (Å²) in [4.78, 5) is 59.0. The average Bonchev–Trinajstić information content (AvgIpc) is 2.97. The lowest BCUT2D eigenvalue weighted by Gasteiger charge is -2.37. The highest BCUT2D eigenvalue weighted by atomic mass is 16.3. The number of nitrogens with one attached hydrogen (secondary N) is 2. The second kappa shape index (κ2) is 11.5. The molecule has 0 aliphatic carbocycles. The van der Waals surface area contributed by atoms with Gasteiger partial charge >= 0.3 is 0 Å². The molecule has 5 rings (SSSR count). The van der Waals surface area contributed by atoms with Gasteiger partial charge in [-0.1, -0.05) is 54.6 Å². The van der Waals surface area contributed by atoms with Gasteiger partial charge in [0.05, 0.1) is 18.8 Å². The number of pyridine rings is 2. The van der Waals surface area contributed by atoms with Crippen LogP contribution in [0.4, 0.5) is 5.69 Å². The van der Waals surface area contributed by atoms with Crippen LogP contribution in [-0.4, -0.2) is 43.3 Å². The van der Waals surface area contributed by atoms with Crippen molar-refractivity contribution in [1.82, 2.24) is 19.8 Å². The normalized spacial score (nSPS) is 14.3. The van der Waals surface area contributed by atoms with Crippen molar-refractivity contribution in [2.75, 3.05) is 5.32 Å².